The Kier molecular flexibility index (Phi) is 6.19. The second-order valence-electron chi connectivity index (χ2n) is 6.45. The van der Waals surface area contributed by atoms with Gasteiger partial charge in [0.1, 0.15) is 0 Å². The fraction of sp³-hybridized carbons (Fsp3) is 0.130. The Balaban J connectivity index is 1.85. The molecular weight excluding hydrogens is 352 g/mol. The van der Waals surface area contributed by atoms with E-state index in [-0.39, 0.29) is 5.91 Å². The van der Waals surface area contributed by atoms with Crippen LogP contribution in [0.3, 0.4) is 0 Å². The zero-order valence-electron chi connectivity index (χ0n) is 15.6. The summed E-state index contributed by atoms with van der Waals surface area (Å²) in [7, 11) is 0. The minimum Gasteiger partial charge on any atom is -0.322 e. The molecule has 0 bridgehead atoms. The van der Waals surface area contributed by atoms with Crippen LogP contribution in [0.2, 0.25) is 0 Å². The highest BCUT2D eigenvalue weighted by molar-refractivity contribution is 6.04. The average molecular weight is 374 g/mol. The standard InChI is InChI=1S/C23H22N2O3/c1-2-16-11-13-18(14-12-16)22(26)24-20-10-6-9-19(15-20)21(23(27)25-28)17-7-4-3-5-8-17/h3-15,21,28H,2H2,1H3,(H,24,26)(H,25,27). The maximum atomic E-state index is 12.5. The Morgan fingerprint density at radius 3 is 2.21 bits per heavy atom. The van der Waals surface area contributed by atoms with E-state index in [4.69, 9.17) is 5.21 Å². The van der Waals surface area contributed by atoms with Gasteiger partial charge in [0.15, 0.2) is 0 Å². The average Bonchev–Trinajstić information content (AvgIpc) is 2.75. The first-order chi connectivity index (χ1) is 13.6. The molecule has 0 spiro atoms. The molecule has 0 fully saturated rings. The highest BCUT2D eigenvalue weighted by Crippen LogP contribution is 2.27. The highest BCUT2D eigenvalue weighted by atomic mass is 16.5. The maximum Gasteiger partial charge on any atom is 0.255 e. The topological polar surface area (TPSA) is 78.4 Å². The van der Waals surface area contributed by atoms with E-state index in [0.29, 0.717) is 16.8 Å². The summed E-state index contributed by atoms with van der Waals surface area (Å²) in [6.07, 6.45) is 0.914. The lowest BCUT2D eigenvalue weighted by molar-refractivity contribution is -0.129. The molecule has 0 aromatic heterocycles. The first-order valence-corrected chi connectivity index (χ1v) is 9.11. The van der Waals surface area contributed by atoms with Gasteiger partial charge in [-0.15, -0.1) is 0 Å². The van der Waals surface area contributed by atoms with Crippen LogP contribution < -0.4 is 10.8 Å². The lowest BCUT2D eigenvalue weighted by Gasteiger charge is -2.17. The van der Waals surface area contributed by atoms with Gasteiger partial charge in [-0.05, 0) is 47.4 Å². The van der Waals surface area contributed by atoms with Crippen LogP contribution in [-0.4, -0.2) is 17.0 Å². The molecule has 5 nitrogen and oxygen atoms in total. The molecular formula is C23H22N2O3. The summed E-state index contributed by atoms with van der Waals surface area (Å²) in [5.74, 6) is -1.45. The first-order valence-electron chi connectivity index (χ1n) is 9.11. The molecule has 0 saturated carbocycles. The number of hydroxylamine groups is 1. The van der Waals surface area contributed by atoms with Crippen LogP contribution in [0, 0.1) is 0 Å². The van der Waals surface area contributed by atoms with Crippen molar-refractivity contribution in [1.29, 1.82) is 0 Å². The summed E-state index contributed by atoms with van der Waals surface area (Å²) < 4.78 is 0. The predicted octanol–water partition coefficient (Wildman–Crippen LogP) is 4.14. The Hall–Kier alpha value is -3.44. The number of rotatable bonds is 6. The van der Waals surface area contributed by atoms with Crippen LogP contribution in [0.25, 0.3) is 0 Å². The Labute approximate surface area is 164 Å². The molecule has 3 rings (SSSR count). The number of aryl methyl sites for hydroxylation is 1. The molecule has 0 heterocycles. The van der Waals surface area contributed by atoms with Gasteiger partial charge in [0.2, 0.25) is 0 Å². The summed E-state index contributed by atoms with van der Waals surface area (Å²) in [6.45, 7) is 2.06. The smallest absolute Gasteiger partial charge is 0.255 e. The van der Waals surface area contributed by atoms with Crippen LogP contribution in [0.1, 0.15) is 39.9 Å². The first kappa shape index (κ1) is 19.3. The van der Waals surface area contributed by atoms with Gasteiger partial charge in [-0.1, -0.05) is 61.5 Å². The van der Waals surface area contributed by atoms with E-state index in [2.05, 4.69) is 12.2 Å². The number of anilines is 1. The molecule has 0 aliphatic heterocycles. The number of nitrogens with one attached hydrogen (secondary N) is 2. The van der Waals surface area contributed by atoms with Crippen molar-refractivity contribution in [2.45, 2.75) is 19.3 Å². The Bertz CT molecular complexity index is 953. The number of benzene rings is 3. The third kappa shape index (κ3) is 4.45. The van der Waals surface area contributed by atoms with Gasteiger partial charge in [0.05, 0.1) is 5.92 Å². The number of hydrogen-bond donors (Lipinski definition) is 3. The zero-order chi connectivity index (χ0) is 19.9. The van der Waals surface area contributed by atoms with Crippen LogP contribution in [-0.2, 0) is 11.2 Å². The van der Waals surface area contributed by atoms with Crippen molar-refractivity contribution >= 4 is 17.5 Å². The van der Waals surface area contributed by atoms with E-state index < -0.39 is 11.8 Å². The van der Waals surface area contributed by atoms with Crippen molar-refractivity contribution in [2.24, 2.45) is 0 Å². The maximum absolute atomic E-state index is 12.5. The van der Waals surface area contributed by atoms with Crippen molar-refractivity contribution in [2.75, 3.05) is 5.32 Å². The number of carbonyl (C=O) groups is 2. The van der Waals surface area contributed by atoms with E-state index in [1.54, 1.807) is 41.9 Å². The molecule has 1 unspecified atom stereocenters. The molecule has 5 heteroatoms. The fourth-order valence-electron chi connectivity index (χ4n) is 3.10. The molecule has 3 N–H and O–H groups in total. The van der Waals surface area contributed by atoms with Crippen molar-refractivity contribution in [3.63, 3.8) is 0 Å². The van der Waals surface area contributed by atoms with Gasteiger partial charge in [0, 0.05) is 11.3 Å². The molecule has 3 aromatic rings. The summed E-state index contributed by atoms with van der Waals surface area (Å²) in [5.41, 5.74) is 5.45. The van der Waals surface area contributed by atoms with Crippen molar-refractivity contribution in [3.05, 3.63) is 101 Å². The fourth-order valence-corrected chi connectivity index (χ4v) is 3.10. The van der Waals surface area contributed by atoms with Gasteiger partial charge >= 0.3 is 0 Å². The van der Waals surface area contributed by atoms with Crippen molar-refractivity contribution in [1.82, 2.24) is 5.48 Å². The number of amides is 2. The van der Waals surface area contributed by atoms with Crippen LogP contribution in [0.4, 0.5) is 5.69 Å². The molecule has 2 amide bonds. The summed E-state index contributed by atoms with van der Waals surface area (Å²) >= 11 is 0. The number of hydrogen-bond acceptors (Lipinski definition) is 3. The Morgan fingerprint density at radius 1 is 0.893 bits per heavy atom. The molecule has 142 valence electrons. The zero-order valence-corrected chi connectivity index (χ0v) is 15.6. The van der Waals surface area contributed by atoms with Crippen molar-refractivity contribution < 1.29 is 14.8 Å². The van der Waals surface area contributed by atoms with Gasteiger partial charge in [-0.3, -0.25) is 14.8 Å². The van der Waals surface area contributed by atoms with Gasteiger partial charge in [0.25, 0.3) is 11.8 Å². The van der Waals surface area contributed by atoms with Gasteiger partial charge < -0.3 is 5.32 Å². The second kappa shape index (κ2) is 8.97. The molecule has 0 aliphatic rings. The summed E-state index contributed by atoms with van der Waals surface area (Å²) in [6, 6.07) is 23.7. The van der Waals surface area contributed by atoms with Gasteiger partial charge in [-0.25, -0.2) is 5.48 Å². The minimum absolute atomic E-state index is 0.220. The third-order valence-electron chi connectivity index (χ3n) is 4.61. The van der Waals surface area contributed by atoms with E-state index >= 15 is 0 Å². The molecule has 1 atom stereocenters. The second-order valence-corrected chi connectivity index (χ2v) is 6.45. The normalized spacial score (nSPS) is 11.5. The monoisotopic (exact) mass is 374 g/mol. The Morgan fingerprint density at radius 2 is 1.57 bits per heavy atom. The molecule has 0 saturated heterocycles. The highest BCUT2D eigenvalue weighted by Gasteiger charge is 2.22. The van der Waals surface area contributed by atoms with Crippen LogP contribution in [0.15, 0.2) is 78.9 Å². The van der Waals surface area contributed by atoms with Crippen molar-refractivity contribution in [3.8, 4) is 0 Å². The predicted molar refractivity (Wildman–Crippen MR) is 108 cm³/mol. The third-order valence-corrected chi connectivity index (χ3v) is 4.61. The minimum atomic E-state index is -0.688. The largest absolute Gasteiger partial charge is 0.322 e. The van der Waals surface area contributed by atoms with E-state index in [1.807, 2.05) is 42.5 Å². The van der Waals surface area contributed by atoms with Crippen LogP contribution in [0.5, 0.6) is 0 Å². The van der Waals surface area contributed by atoms with Crippen LogP contribution >= 0.6 is 0 Å². The van der Waals surface area contributed by atoms with E-state index in [9.17, 15) is 9.59 Å². The lowest BCUT2D eigenvalue weighted by atomic mass is 9.90. The summed E-state index contributed by atoms with van der Waals surface area (Å²) in [4.78, 5) is 24.8. The quantitative estimate of drug-likeness (QED) is 0.448. The summed E-state index contributed by atoms with van der Waals surface area (Å²) in [5, 5.41) is 12.0. The lowest BCUT2D eigenvalue weighted by Crippen LogP contribution is -2.27. The molecule has 3 aromatic carbocycles. The number of carbonyl (C=O) groups excluding carboxylic acids is 2. The molecule has 0 radical (unpaired) electrons. The molecule has 0 aliphatic carbocycles. The van der Waals surface area contributed by atoms with E-state index in [0.717, 1.165) is 12.0 Å². The SMILES string of the molecule is CCc1ccc(C(=O)Nc2cccc(C(C(=O)NO)c3ccccc3)c2)cc1. The molecule has 28 heavy (non-hydrogen) atoms. The van der Waals surface area contributed by atoms with Gasteiger partial charge in [-0.2, -0.15) is 0 Å². The van der Waals surface area contributed by atoms with E-state index in [1.165, 1.54) is 5.56 Å².